The zero-order chi connectivity index (χ0) is 20.1. The zero-order valence-electron chi connectivity index (χ0n) is 15.7. The number of nitrogens with zero attached hydrogens (tertiary/aromatic N) is 4. The van der Waals surface area contributed by atoms with Crippen molar-refractivity contribution in [3.63, 3.8) is 0 Å². The molecule has 28 heavy (non-hydrogen) atoms. The number of nitrogens with one attached hydrogen (secondary N) is 1. The minimum absolute atomic E-state index is 0.105. The molecule has 146 valence electrons. The summed E-state index contributed by atoms with van der Waals surface area (Å²) in [5.74, 6) is -0.642. The smallest absolute Gasteiger partial charge is 0.338 e. The summed E-state index contributed by atoms with van der Waals surface area (Å²) >= 11 is 0. The van der Waals surface area contributed by atoms with E-state index in [0.29, 0.717) is 28.9 Å². The summed E-state index contributed by atoms with van der Waals surface area (Å²) in [6.45, 7) is 2.49. The highest BCUT2D eigenvalue weighted by Gasteiger charge is 2.10. The predicted molar refractivity (Wildman–Crippen MR) is 103 cm³/mol. The Hall–Kier alpha value is -3.49. The maximum atomic E-state index is 12.4. The highest BCUT2D eigenvalue weighted by molar-refractivity contribution is 5.93. The lowest BCUT2D eigenvalue weighted by atomic mass is 10.2. The Labute approximate surface area is 160 Å². The molecular weight excluding hydrogens is 362 g/mol. The number of carbonyl (C=O) groups excluding carboxylic acids is 2. The molecule has 2 aromatic heterocycles. The van der Waals surface area contributed by atoms with Crippen molar-refractivity contribution < 1.29 is 14.3 Å². The van der Waals surface area contributed by atoms with E-state index in [9.17, 15) is 14.4 Å². The van der Waals surface area contributed by atoms with Crippen molar-refractivity contribution in [1.29, 1.82) is 0 Å². The van der Waals surface area contributed by atoms with Crippen molar-refractivity contribution in [1.82, 2.24) is 19.3 Å². The first-order valence-corrected chi connectivity index (χ1v) is 8.93. The first kappa shape index (κ1) is 19.3. The van der Waals surface area contributed by atoms with E-state index in [1.54, 1.807) is 31.3 Å². The number of amides is 1. The first-order chi connectivity index (χ1) is 13.5. The Morgan fingerprint density at radius 3 is 2.68 bits per heavy atom. The van der Waals surface area contributed by atoms with Crippen molar-refractivity contribution in [3.05, 3.63) is 52.7 Å². The summed E-state index contributed by atoms with van der Waals surface area (Å²) in [4.78, 5) is 40.5. The van der Waals surface area contributed by atoms with Crippen molar-refractivity contribution in [2.45, 2.75) is 26.3 Å². The number of hydrogen-bond donors (Lipinski definition) is 1. The van der Waals surface area contributed by atoms with Gasteiger partial charge in [0.2, 0.25) is 5.91 Å². The van der Waals surface area contributed by atoms with E-state index in [-0.39, 0.29) is 24.4 Å². The molecule has 9 nitrogen and oxygen atoms in total. The Morgan fingerprint density at radius 2 is 1.96 bits per heavy atom. The number of aromatic nitrogens is 4. The number of anilines is 1. The third-order valence-electron chi connectivity index (χ3n) is 4.14. The van der Waals surface area contributed by atoms with E-state index < -0.39 is 5.97 Å². The lowest BCUT2D eigenvalue weighted by molar-refractivity contribution is -0.116. The van der Waals surface area contributed by atoms with Gasteiger partial charge in [0.05, 0.1) is 24.7 Å². The summed E-state index contributed by atoms with van der Waals surface area (Å²) in [6, 6.07) is 6.46. The van der Waals surface area contributed by atoms with Crippen LogP contribution in [0.1, 0.15) is 30.1 Å². The van der Waals surface area contributed by atoms with Crippen LogP contribution < -0.4 is 10.9 Å². The van der Waals surface area contributed by atoms with Crippen LogP contribution in [0.4, 0.5) is 5.69 Å². The predicted octanol–water partition coefficient (Wildman–Crippen LogP) is 1.73. The minimum Gasteiger partial charge on any atom is -0.462 e. The number of carbonyl (C=O) groups is 2. The van der Waals surface area contributed by atoms with Gasteiger partial charge in [0.15, 0.2) is 5.65 Å². The summed E-state index contributed by atoms with van der Waals surface area (Å²) in [6.07, 6.45) is 3.74. The molecule has 0 aliphatic rings. The second-order valence-corrected chi connectivity index (χ2v) is 6.26. The van der Waals surface area contributed by atoms with Crippen LogP contribution in [0.5, 0.6) is 0 Å². The van der Waals surface area contributed by atoms with Gasteiger partial charge in [-0.2, -0.15) is 5.10 Å². The molecule has 1 N–H and O–H groups in total. The molecule has 0 aliphatic heterocycles. The van der Waals surface area contributed by atoms with Crippen molar-refractivity contribution in [3.8, 4) is 0 Å². The number of hydrogen-bond acceptors (Lipinski definition) is 6. The maximum Gasteiger partial charge on any atom is 0.338 e. The fourth-order valence-corrected chi connectivity index (χ4v) is 2.64. The van der Waals surface area contributed by atoms with Crippen LogP contribution in [0, 0.1) is 0 Å². The van der Waals surface area contributed by atoms with E-state index in [2.05, 4.69) is 15.4 Å². The quantitative estimate of drug-likeness (QED) is 0.623. The fraction of sp³-hybridized carbons (Fsp3) is 0.316. The van der Waals surface area contributed by atoms with Crippen LogP contribution >= 0.6 is 0 Å². The fourth-order valence-electron chi connectivity index (χ4n) is 2.64. The molecule has 1 amide bonds. The van der Waals surface area contributed by atoms with Gasteiger partial charge in [-0.3, -0.25) is 18.8 Å². The van der Waals surface area contributed by atoms with Gasteiger partial charge in [0.25, 0.3) is 5.56 Å². The lowest BCUT2D eigenvalue weighted by Crippen LogP contribution is -2.23. The third kappa shape index (κ3) is 4.25. The molecule has 3 aromatic rings. The maximum absolute atomic E-state index is 12.4. The molecule has 0 saturated carbocycles. The van der Waals surface area contributed by atoms with E-state index in [1.165, 1.54) is 21.8 Å². The van der Waals surface area contributed by atoms with Gasteiger partial charge in [0, 0.05) is 25.7 Å². The van der Waals surface area contributed by atoms with Gasteiger partial charge in [-0.15, -0.1) is 0 Å². The van der Waals surface area contributed by atoms with Gasteiger partial charge in [-0.25, -0.2) is 9.78 Å². The molecule has 1 aromatic carbocycles. The highest BCUT2D eigenvalue weighted by atomic mass is 16.5. The van der Waals surface area contributed by atoms with E-state index in [0.717, 1.165) is 6.42 Å². The standard InChI is InChI=1S/C19H21N5O4/c1-3-10-28-19(27)13-4-6-14(7-5-13)22-16(25)8-9-24-12-20-17-15(18(24)26)11-21-23(17)2/h4-7,11-12H,3,8-10H2,1-2H3,(H,22,25). The Balaban J connectivity index is 1.58. The number of ether oxygens (including phenoxy) is 1. The summed E-state index contributed by atoms with van der Waals surface area (Å²) in [5.41, 5.74) is 1.25. The molecule has 9 heteroatoms. The molecule has 0 atom stereocenters. The number of aryl methyl sites for hydroxylation is 2. The second-order valence-electron chi connectivity index (χ2n) is 6.26. The van der Waals surface area contributed by atoms with E-state index >= 15 is 0 Å². The average molecular weight is 383 g/mol. The summed E-state index contributed by atoms with van der Waals surface area (Å²) in [7, 11) is 1.71. The number of esters is 1. The Bertz CT molecular complexity index is 1050. The number of rotatable bonds is 7. The Kier molecular flexibility index (Phi) is 5.83. The van der Waals surface area contributed by atoms with Gasteiger partial charge >= 0.3 is 5.97 Å². The molecule has 0 unspecified atom stereocenters. The summed E-state index contributed by atoms with van der Waals surface area (Å²) < 4.78 is 7.97. The van der Waals surface area contributed by atoms with Crippen molar-refractivity contribution in [2.24, 2.45) is 7.05 Å². The number of fused-ring (bicyclic) bond motifs is 1. The van der Waals surface area contributed by atoms with Crippen LogP contribution in [-0.2, 0) is 23.1 Å². The molecule has 2 heterocycles. The van der Waals surface area contributed by atoms with Crippen LogP contribution in [0.15, 0.2) is 41.6 Å². The van der Waals surface area contributed by atoms with Gasteiger partial charge in [-0.1, -0.05) is 6.92 Å². The van der Waals surface area contributed by atoms with Gasteiger partial charge in [-0.05, 0) is 30.7 Å². The monoisotopic (exact) mass is 383 g/mol. The molecule has 0 radical (unpaired) electrons. The SMILES string of the molecule is CCCOC(=O)c1ccc(NC(=O)CCn2cnc3c(cnn3C)c2=O)cc1. The second kappa shape index (κ2) is 8.47. The zero-order valence-corrected chi connectivity index (χ0v) is 15.7. The number of benzene rings is 1. The van der Waals surface area contributed by atoms with Crippen LogP contribution in [0.3, 0.4) is 0 Å². The topological polar surface area (TPSA) is 108 Å². The van der Waals surface area contributed by atoms with Crippen LogP contribution in [0.2, 0.25) is 0 Å². The normalized spacial score (nSPS) is 10.8. The third-order valence-corrected chi connectivity index (χ3v) is 4.14. The lowest BCUT2D eigenvalue weighted by Gasteiger charge is -2.08. The molecule has 0 bridgehead atoms. The van der Waals surface area contributed by atoms with Crippen LogP contribution in [-0.4, -0.2) is 37.8 Å². The molecule has 0 spiro atoms. The van der Waals surface area contributed by atoms with Crippen molar-refractivity contribution >= 4 is 28.6 Å². The highest BCUT2D eigenvalue weighted by Crippen LogP contribution is 2.11. The minimum atomic E-state index is -0.391. The largest absolute Gasteiger partial charge is 0.462 e. The van der Waals surface area contributed by atoms with Gasteiger partial charge < -0.3 is 10.1 Å². The average Bonchev–Trinajstić information content (AvgIpc) is 3.08. The summed E-state index contributed by atoms with van der Waals surface area (Å²) in [5, 5.41) is 7.17. The molecule has 0 aliphatic carbocycles. The molecule has 0 fully saturated rings. The molecule has 3 rings (SSSR count). The van der Waals surface area contributed by atoms with Crippen LogP contribution in [0.25, 0.3) is 11.0 Å². The van der Waals surface area contributed by atoms with E-state index in [1.807, 2.05) is 6.92 Å². The van der Waals surface area contributed by atoms with Crippen molar-refractivity contribution in [2.75, 3.05) is 11.9 Å². The van der Waals surface area contributed by atoms with E-state index in [4.69, 9.17) is 4.74 Å². The molecule has 0 saturated heterocycles. The van der Waals surface area contributed by atoms with Gasteiger partial charge in [0.1, 0.15) is 5.39 Å². The molecular formula is C19H21N5O4. The Morgan fingerprint density at radius 1 is 1.21 bits per heavy atom. The first-order valence-electron chi connectivity index (χ1n) is 8.93.